The van der Waals surface area contributed by atoms with Crippen molar-refractivity contribution in [2.75, 3.05) is 36.4 Å². The summed E-state index contributed by atoms with van der Waals surface area (Å²) in [4.78, 5) is 28.3. The fourth-order valence-electron chi connectivity index (χ4n) is 3.96. The number of anilines is 2. The molecule has 0 aliphatic carbocycles. The molecule has 1 aliphatic rings. The van der Waals surface area contributed by atoms with E-state index in [9.17, 15) is 22.8 Å². The molecule has 36 heavy (non-hydrogen) atoms. The Labute approximate surface area is 206 Å². The Hall–Kier alpha value is -4.15. The predicted octanol–water partition coefficient (Wildman–Crippen LogP) is 4.34. The number of urea groups is 1. The third-order valence-corrected chi connectivity index (χ3v) is 5.89. The SMILES string of the molecule is CC(NC(=O)Nc1ccc(N2CCN(C(=O)c3ccccc3C(F)(F)F)CC2)nn1)c1ccccc1. The number of alkyl halides is 3. The van der Waals surface area contributed by atoms with Gasteiger partial charge >= 0.3 is 12.2 Å². The van der Waals surface area contributed by atoms with Gasteiger partial charge in [-0.2, -0.15) is 13.2 Å². The second-order valence-corrected chi connectivity index (χ2v) is 8.33. The van der Waals surface area contributed by atoms with Crippen LogP contribution in [0.15, 0.2) is 66.7 Å². The molecule has 1 fully saturated rings. The summed E-state index contributed by atoms with van der Waals surface area (Å²) in [6.07, 6.45) is -4.60. The molecule has 188 valence electrons. The number of rotatable bonds is 5. The van der Waals surface area contributed by atoms with Crippen molar-refractivity contribution in [2.45, 2.75) is 19.1 Å². The third-order valence-electron chi connectivity index (χ3n) is 5.89. The van der Waals surface area contributed by atoms with Gasteiger partial charge in [0.1, 0.15) is 0 Å². The zero-order valence-corrected chi connectivity index (χ0v) is 19.5. The zero-order valence-electron chi connectivity index (χ0n) is 19.5. The van der Waals surface area contributed by atoms with Gasteiger partial charge in [0, 0.05) is 26.2 Å². The minimum Gasteiger partial charge on any atom is -0.352 e. The highest BCUT2D eigenvalue weighted by molar-refractivity contribution is 5.96. The first-order valence-electron chi connectivity index (χ1n) is 11.4. The first-order valence-corrected chi connectivity index (χ1v) is 11.4. The summed E-state index contributed by atoms with van der Waals surface area (Å²) >= 11 is 0. The molecule has 1 atom stereocenters. The molecule has 0 spiro atoms. The van der Waals surface area contributed by atoms with Crippen molar-refractivity contribution in [1.82, 2.24) is 20.4 Å². The molecule has 11 heteroatoms. The summed E-state index contributed by atoms with van der Waals surface area (Å²) < 4.78 is 39.9. The van der Waals surface area contributed by atoms with Crippen molar-refractivity contribution in [2.24, 2.45) is 0 Å². The summed E-state index contributed by atoms with van der Waals surface area (Å²) in [5, 5.41) is 13.7. The number of carbonyl (C=O) groups excluding carboxylic acids is 2. The van der Waals surface area contributed by atoms with E-state index >= 15 is 0 Å². The standard InChI is InChI=1S/C25H25F3N6O2/c1-17(18-7-3-2-4-8-18)29-24(36)30-21-11-12-22(32-31-21)33-13-15-34(16-14-33)23(35)19-9-5-6-10-20(19)25(26,27)28/h2-12,17H,13-16H2,1H3,(H2,29,30,31,36). The highest BCUT2D eigenvalue weighted by Gasteiger charge is 2.36. The summed E-state index contributed by atoms with van der Waals surface area (Å²) in [5.74, 6) is 0.166. The van der Waals surface area contributed by atoms with E-state index in [0.717, 1.165) is 11.6 Å². The number of piperazine rings is 1. The van der Waals surface area contributed by atoms with Crippen LogP contribution in [-0.4, -0.2) is 53.2 Å². The molecular weight excluding hydrogens is 473 g/mol. The minimum atomic E-state index is -4.60. The number of carbonyl (C=O) groups is 2. The lowest BCUT2D eigenvalue weighted by Gasteiger charge is -2.35. The van der Waals surface area contributed by atoms with Crippen molar-refractivity contribution in [1.29, 1.82) is 0 Å². The van der Waals surface area contributed by atoms with Gasteiger partial charge in [-0.05, 0) is 36.8 Å². The van der Waals surface area contributed by atoms with Crippen molar-refractivity contribution in [3.05, 3.63) is 83.4 Å². The van der Waals surface area contributed by atoms with Crippen LogP contribution in [0, 0.1) is 0 Å². The van der Waals surface area contributed by atoms with Crippen molar-refractivity contribution >= 4 is 23.6 Å². The quantitative estimate of drug-likeness (QED) is 0.546. The molecule has 3 amide bonds. The number of hydrogen-bond acceptors (Lipinski definition) is 5. The second kappa shape index (κ2) is 10.6. The van der Waals surface area contributed by atoms with E-state index in [2.05, 4.69) is 20.8 Å². The zero-order chi connectivity index (χ0) is 25.7. The van der Waals surface area contributed by atoms with Gasteiger partial charge in [0.05, 0.1) is 17.2 Å². The van der Waals surface area contributed by atoms with Crippen LogP contribution in [0.25, 0.3) is 0 Å². The number of aromatic nitrogens is 2. The molecule has 1 aliphatic heterocycles. The Balaban J connectivity index is 1.31. The first kappa shape index (κ1) is 25.0. The first-order chi connectivity index (χ1) is 17.2. The molecule has 3 aromatic rings. The van der Waals surface area contributed by atoms with Crippen LogP contribution in [0.4, 0.5) is 29.6 Å². The van der Waals surface area contributed by atoms with Gasteiger partial charge in [-0.25, -0.2) is 4.79 Å². The maximum atomic E-state index is 13.3. The van der Waals surface area contributed by atoms with Crippen molar-refractivity contribution < 1.29 is 22.8 Å². The summed E-state index contributed by atoms with van der Waals surface area (Å²) in [7, 11) is 0. The topological polar surface area (TPSA) is 90.5 Å². The summed E-state index contributed by atoms with van der Waals surface area (Å²) in [5.41, 5.74) is -0.323. The predicted molar refractivity (Wildman–Crippen MR) is 129 cm³/mol. The van der Waals surface area contributed by atoms with E-state index in [1.807, 2.05) is 42.2 Å². The van der Waals surface area contributed by atoms with Crippen LogP contribution in [0.5, 0.6) is 0 Å². The number of nitrogens with one attached hydrogen (secondary N) is 2. The van der Waals surface area contributed by atoms with Crippen LogP contribution in [0.2, 0.25) is 0 Å². The van der Waals surface area contributed by atoms with Crippen LogP contribution in [0.3, 0.4) is 0 Å². The Kier molecular flexibility index (Phi) is 7.37. The van der Waals surface area contributed by atoms with Crippen LogP contribution < -0.4 is 15.5 Å². The molecule has 0 bridgehead atoms. The molecule has 4 rings (SSSR count). The van der Waals surface area contributed by atoms with Gasteiger partial charge in [-0.1, -0.05) is 42.5 Å². The average Bonchev–Trinajstić information content (AvgIpc) is 2.89. The molecule has 2 heterocycles. The molecule has 2 aromatic carbocycles. The maximum absolute atomic E-state index is 13.3. The van der Waals surface area contributed by atoms with Gasteiger partial charge in [0.2, 0.25) is 0 Å². The van der Waals surface area contributed by atoms with E-state index in [4.69, 9.17) is 0 Å². The van der Waals surface area contributed by atoms with Gasteiger partial charge in [0.15, 0.2) is 11.6 Å². The highest BCUT2D eigenvalue weighted by atomic mass is 19.4. The fraction of sp³-hybridized carbons (Fsp3) is 0.280. The Bertz CT molecular complexity index is 1200. The molecule has 1 aromatic heterocycles. The minimum absolute atomic E-state index is 0.194. The lowest BCUT2D eigenvalue weighted by molar-refractivity contribution is -0.138. The van der Waals surface area contributed by atoms with Gasteiger partial charge in [-0.3, -0.25) is 10.1 Å². The van der Waals surface area contributed by atoms with Gasteiger partial charge < -0.3 is 15.1 Å². The van der Waals surface area contributed by atoms with E-state index in [1.54, 1.807) is 12.1 Å². The van der Waals surface area contributed by atoms with E-state index in [-0.39, 0.29) is 30.5 Å². The molecule has 2 N–H and O–H groups in total. The molecule has 0 saturated carbocycles. The number of hydrogen-bond donors (Lipinski definition) is 2. The Morgan fingerprint density at radius 3 is 2.19 bits per heavy atom. The molecule has 8 nitrogen and oxygen atoms in total. The van der Waals surface area contributed by atoms with Gasteiger partial charge in [-0.15, -0.1) is 10.2 Å². The average molecular weight is 499 g/mol. The molecule has 0 radical (unpaired) electrons. The van der Waals surface area contributed by atoms with Crippen molar-refractivity contribution in [3.63, 3.8) is 0 Å². The van der Waals surface area contributed by atoms with Crippen molar-refractivity contribution in [3.8, 4) is 0 Å². The van der Waals surface area contributed by atoms with Gasteiger partial charge in [0.25, 0.3) is 5.91 Å². The normalized spacial score (nSPS) is 14.8. The lowest BCUT2D eigenvalue weighted by atomic mass is 10.1. The number of nitrogens with zero attached hydrogens (tertiary/aromatic N) is 4. The van der Waals surface area contributed by atoms with Crippen LogP contribution >= 0.6 is 0 Å². The summed E-state index contributed by atoms with van der Waals surface area (Å²) in [6, 6.07) is 17.0. The van der Waals surface area contributed by atoms with E-state index < -0.39 is 23.7 Å². The van der Waals surface area contributed by atoms with Crippen LogP contribution in [-0.2, 0) is 6.18 Å². The Morgan fingerprint density at radius 2 is 1.56 bits per heavy atom. The highest BCUT2D eigenvalue weighted by Crippen LogP contribution is 2.32. The van der Waals surface area contributed by atoms with E-state index in [0.29, 0.717) is 18.9 Å². The van der Waals surface area contributed by atoms with Crippen LogP contribution in [0.1, 0.15) is 34.5 Å². The molecule has 1 saturated heterocycles. The number of halogens is 3. The third kappa shape index (κ3) is 5.91. The smallest absolute Gasteiger partial charge is 0.352 e. The summed E-state index contributed by atoms with van der Waals surface area (Å²) in [6.45, 7) is 3.13. The maximum Gasteiger partial charge on any atom is 0.417 e. The lowest BCUT2D eigenvalue weighted by Crippen LogP contribution is -2.49. The number of amides is 3. The van der Waals surface area contributed by atoms with E-state index in [1.165, 1.54) is 23.1 Å². The largest absolute Gasteiger partial charge is 0.417 e. The molecule has 1 unspecified atom stereocenters. The second-order valence-electron chi connectivity index (χ2n) is 8.33. The Morgan fingerprint density at radius 1 is 0.889 bits per heavy atom. The monoisotopic (exact) mass is 498 g/mol. The molecular formula is C25H25F3N6O2. The number of benzene rings is 2. The fourth-order valence-corrected chi connectivity index (χ4v) is 3.96.